The molecule has 0 saturated carbocycles. The van der Waals surface area contributed by atoms with Crippen molar-refractivity contribution in [2.75, 3.05) is 0 Å². The summed E-state index contributed by atoms with van der Waals surface area (Å²) in [5.41, 5.74) is 2.63. The molecule has 4 heteroatoms. The van der Waals surface area contributed by atoms with Crippen LogP contribution in [0.15, 0.2) is 73.3 Å². The number of aryl methyl sites for hydroxylation is 2. The van der Waals surface area contributed by atoms with Crippen LogP contribution in [0.4, 0.5) is 0 Å². The molecule has 0 bridgehead atoms. The van der Waals surface area contributed by atoms with Crippen molar-refractivity contribution in [1.29, 1.82) is 0 Å². The first-order valence-electron chi connectivity index (χ1n) is 16.0. The molecule has 214 valence electrons. The summed E-state index contributed by atoms with van der Waals surface area (Å²) < 4.78 is 4.68. The topological polar surface area (TPSA) is 7.76 Å². The molecular formula is C36H50N2S2+2. The molecule has 0 radical (unpaired) electrons. The summed E-state index contributed by atoms with van der Waals surface area (Å²) in [5, 5.41) is 0. The number of nitrogens with zero attached hydrogens (tertiary/aromatic N) is 2. The molecule has 4 rings (SSSR count). The molecule has 40 heavy (non-hydrogen) atoms. The van der Waals surface area contributed by atoms with Gasteiger partial charge >= 0.3 is 0 Å². The number of rotatable bonds is 19. The lowest BCUT2D eigenvalue weighted by atomic mass is 10.1. The Morgan fingerprint density at radius 2 is 0.725 bits per heavy atom. The molecule has 0 saturated heterocycles. The van der Waals surface area contributed by atoms with Crippen molar-refractivity contribution in [3.8, 4) is 30.6 Å². The molecule has 0 aliphatic carbocycles. The van der Waals surface area contributed by atoms with E-state index in [-0.39, 0.29) is 0 Å². The van der Waals surface area contributed by atoms with Crippen molar-refractivity contribution >= 4 is 22.7 Å². The van der Waals surface area contributed by atoms with Crippen LogP contribution in [0.1, 0.15) is 104 Å². The highest BCUT2D eigenvalue weighted by Gasteiger charge is 2.11. The Morgan fingerprint density at radius 1 is 0.400 bits per heavy atom. The minimum absolute atomic E-state index is 1.13. The maximum absolute atomic E-state index is 2.34. The quantitative estimate of drug-likeness (QED) is 0.0777. The lowest BCUT2D eigenvalue weighted by molar-refractivity contribution is -0.697. The molecule has 0 aliphatic heterocycles. The predicted molar refractivity (Wildman–Crippen MR) is 175 cm³/mol. The Labute approximate surface area is 251 Å². The highest BCUT2D eigenvalue weighted by Crippen LogP contribution is 2.40. The second-order valence-electron chi connectivity index (χ2n) is 11.2. The largest absolute Gasteiger partial charge is 0.205 e. The molecule has 0 aromatic carbocycles. The van der Waals surface area contributed by atoms with E-state index in [4.69, 9.17) is 0 Å². The lowest BCUT2D eigenvalue weighted by Gasteiger charge is -2.01. The third kappa shape index (κ3) is 9.96. The van der Waals surface area contributed by atoms with Crippen LogP contribution in [-0.4, -0.2) is 0 Å². The number of hydrogen-bond acceptors (Lipinski definition) is 2. The summed E-state index contributed by atoms with van der Waals surface area (Å²) in [6.45, 7) is 6.82. The zero-order valence-electron chi connectivity index (χ0n) is 25.0. The van der Waals surface area contributed by atoms with Gasteiger partial charge in [-0.3, -0.25) is 0 Å². The van der Waals surface area contributed by atoms with Gasteiger partial charge in [0.25, 0.3) is 0 Å². The Morgan fingerprint density at radius 3 is 1.10 bits per heavy atom. The number of thiophene rings is 2. The lowest BCUT2D eigenvalue weighted by Crippen LogP contribution is -2.32. The average Bonchev–Trinajstić information content (AvgIpc) is 3.68. The van der Waals surface area contributed by atoms with Gasteiger partial charge < -0.3 is 0 Å². The first kappa shape index (κ1) is 30.7. The van der Waals surface area contributed by atoms with E-state index in [0.29, 0.717) is 0 Å². The fourth-order valence-corrected chi connectivity index (χ4v) is 7.41. The summed E-state index contributed by atoms with van der Waals surface area (Å²) >= 11 is 3.80. The van der Waals surface area contributed by atoms with E-state index in [0.717, 1.165) is 13.1 Å². The molecule has 0 N–H and O–H groups in total. The highest BCUT2D eigenvalue weighted by molar-refractivity contribution is 7.25. The summed E-state index contributed by atoms with van der Waals surface area (Å²) in [6, 6.07) is 18.3. The van der Waals surface area contributed by atoms with Crippen molar-refractivity contribution in [1.82, 2.24) is 0 Å². The standard InChI is InChI=1S/C36H50N2S2/c1-3-5-7-9-11-13-15-25-37-27-21-31(22-28-37)33-17-19-35(39-33)36-20-18-34(40-36)32-23-29-38(30-24-32)26-16-14-12-10-8-6-4-2/h17-24,27-30H,3-16,25-26H2,1-2H3/q+2. The predicted octanol–water partition coefficient (Wildman–Crippen LogP) is 10.9. The van der Waals surface area contributed by atoms with Crippen LogP contribution in [0.3, 0.4) is 0 Å². The van der Waals surface area contributed by atoms with Gasteiger partial charge in [-0.05, 0) is 37.1 Å². The van der Waals surface area contributed by atoms with Crippen LogP contribution in [0.5, 0.6) is 0 Å². The molecule has 0 atom stereocenters. The second kappa shape index (κ2) is 17.5. The molecule has 4 aromatic rings. The van der Waals surface area contributed by atoms with Crippen LogP contribution in [0, 0.1) is 0 Å². The van der Waals surface area contributed by atoms with Crippen molar-refractivity contribution in [2.24, 2.45) is 0 Å². The number of hydrogen-bond donors (Lipinski definition) is 0. The number of aromatic nitrogens is 2. The van der Waals surface area contributed by atoms with Gasteiger partial charge in [-0.2, -0.15) is 0 Å². The zero-order chi connectivity index (χ0) is 27.8. The zero-order valence-corrected chi connectivity index (χ0v) is 26.6. The third-order valence-electron chi connectivity index (χ3n) is 7.85. The van der Waals surface area contributed by atoms with E-state index >= 15 is 0 Å². The summed E-state index contributed by atoms with van der Waals surface area (Å²) in [4.78, 5) is 5.41. The fourth-order valence-electron chi connectivity index (χ4n) is 5.30. The first-order chi connectivity index (χ1) is 19.8. The molecule has 2 nitrogen and oxygen atoms in total. The van der Waals surface area contributed by atoms with Crippen LogP contribution >= 0.6 is 22.7 Å². The molecule has 0 unspecified atom stereocenters. The minimum Gasteiger partial charge on any atom is -0.205 e. The van der Waals surface area contributed by atoms with E-state index in [1.165, 1.54) is 121 Å². The molecular weight excluding hydrogens is 525 g/mol. The molecule has 0 spiro atoms. The molecule has 4 aromatic heterocycles. The monoisotopic (exact) mass is 574 g/mol. The van der Waals surface area contributed by atoms with Gasteiger partial charge in [0, 0.05) is 67.7 Å². The Balaban J connectivity index is 1.24. The SMILES string of the molecule is CCCCCCCCC[n+]1ccc(-c2ccc(-c3ccc(-c4cc[n+](CCCCCCCCC)cc4)s3)s2)cc1. The number of unbranched alkanes of at least 4 members (excludes halogenated alkanes) is 12. The van der Waals surface area contributed by atoms with Gasteiger partial charge in [-0.25, -0.2) is 9.13 Å². The van der Waals surface area contributed by atoms with E-state index in [2.05, 4.69) is 96.3 Å². The van der Waals surface area contributed by atoms with E-state index in [9.17, 15) is 0 Å². The van der Waals surface area contributed by atoms with E-state index in [1.54, 1.807) is 0 Å². The normalized spacial score (nSPS) is 11.3. The Bertz CT molecular complexity index is 1120. The summed E-state index contributed by atoms with van der Waals surface area (Å²) in [6.07, 6.45) is 28.1. The van der Waals surface area contributed by atoms with E-state index in [1.807, 2.05) is 22.7 Å². The van der Waals surface area contributed by atoms with Crippen molar-refractivity contribution < 1.29 is 9.13 Å². The van der Waals surface area contributed by atoms with Gasteiger partial charge in [-0.15, -0.1) is 22.7 Å². The van der Waals surface area contributed by atoms with Crippen LogP contribution in [0.2, 0.25) is 0 Å². The van der Waals surface area contributed by atoms with Gasteiger partial charge in [0.1, 0.15) is 13.1 Å². The highest BCUT2D eigenvalue weighted by atomic mass is 32.1. The summed E-state index contributed by atoms with van der Waals surface area (Å²) in [5.74, 6) is 0. The minimum atomic E-state index is 1.13. The smallest absolute Gasteiger partial charge is 0.169 e. The maximum atomic E-state index is 2.34. The molecule has 0 aliphatic rings. The van der Waals surface area contributed by atoms with Crippen LogP contribution in [0.25, 0.3) is 30.6 Å². The van der Waals surface area contributed by atoms with Gasteiger partial charge in [-0.1, -0.05) is 78.1 Å². The molecule has 4 heterocycles. The fraction of sp³-hybridized carbons (Fsp3) is 0.500. The van der Waals surface area contributed by atoms with Crippen LogP contribution in [-0.2, 0) is 13.1 Å². The van der Waals surface area contributed by atoms with Gasteiger partial charge in [0.15, 0.2) is 24.8 Å². The molecule has 0 amide bonds. The van der Waals surface area contributed by atoms with E-state index < -0.39 is 0 Å². The summed E-state index contributed by atoms with van der Waals surface area (Å²) in [7, 11) is 0. The van der Waals surface area contributed by atoms with Crippen LogP contribution < -0.4 is 9.13 Å². The van der Waals surface area contributed by atoms with Crippen molar-refractivity contribution in [3.05, 3.63) is 73.3 Å². The van der Waals surface area contributed by atoms with Crippen molar-refractivity contribution in [2.45, 2.75) is 117 Å². The van der Waals surface area contributed by atoms with Crippen molar-refractivity contribution in [3.63, 3.8) is 0 Å². The molecule has 0 fully saturated rings. The second-order valence-corrected chi connectivity index (χ2v) is 13.4. The Hall–Kier alpha value is -2.30. The van der Waals surface area contributed by atoms with Gasteiger partial charge in [0.05, 0.1) is 0 Å². The third-order valence-corrected chi connectivity index (χ3v) is 10.3. The number of pyridine rings is 2. The Kier molecular flexibility index (Phi) is 13.4. The first-order valence-corrected chi connectivity index (χ1v) is 17.6. The van der Waals surface area contributed by atoms with Gasteiger partial charge in [0.2, 0.25) is 0 Å². The average molecular weight is 575 g/mol. The maximum Gasteiger partial charge on any atom is 0.169 e.